The molecule has 20 heavy (non-hydrogen) atoms. The van der Waals surface area contributed by atoms with Gasteiger partial charge in [0.25, 0.3) is 5.69 Å². The average molecular weight is 272 g/mol. The molecular weight excluding hydrogens is 256 g/mol. The molecule has 104 valence electrons. The lowest BCUT2D eigenvalue weighted by atomic mass is 10.1. The quantitative estimate of drug-likeness (QED) is 0.644. The van der Waals surface area contributed by atoms with Crippen LogP contribution in [0.3, 0.4) is 0 Å². The van der Waals surface area contributed by atoms with Crippen molar-refractivity contribution in [2.75, 3.05) is 17.6 Å². The van der Waals surface area contributed by atoms with Crippen molar-refractivity contribution in [3.63, 3.8) is 0 Å². The van der Waals surface area contributed by atoms with Gasteiger partial charge in [0, 0.05) is 24.9 Å². The predicted octanol–water partition coefficient (Wildman–Crippen LogP) is 2.54. The number of hydrogen-bond donors (Lipinski definition) is 2. The summed E-state index contributed by atoms with van der Waals surface area (Å²) >= 11 is 0. The highest BCUT2D eigenvalue weighted by Crippen LogP contribution is 2.16. The summed E-state index contributed by atoms with van der Waals surface area (Å²) in [6.45, 7) is 2.60. The highest BCUT2D eigenvalue weighted by Gasteiger charge is 2.04. The number of aromatic nitrogens is 1. The van der Waals surface area contributed by atoms with Gasteiger partial charge >= 0.3 is 0 Å². The molecule has 1 aromatic carbocycles. The van der Waals surface area contributed by atoms with E-state index in [1.165, 1.54) is 12.1 Å². The van der Waals surface area contributed by atoms with Crippen LogP contribution in [0.4, 0.5) is 17.2 Å². The van der Waals surface area contributed by atoms with Gasteiger partial charge in [0.1, 0.15) is 5.82 Å². The third-order valence-corrected chi connectivity index (χ3v) is 2.91. The van der Waals surface area contributed by atoms with Gasteiger partial charge in [0.05, 0.1) is 10.6 Å². The fourth-order valence-corrected chi connectivity index (χ4v) is 1.85. The highest BCUT2D eigenvalue weighted by molar-refractivity contribution is 5.61. The van der Waals surface area contributed by atoms with Gasteiger partial charge in [-0.05, 0) is 30.5 Å². The molecular formula is C14H16N4O2. The number of aryl methyl sites for hydroxylation is 1. The standard InChI is InChI=1S/C14H16N4O2/c1-10-8-13(15)14(17-9-10)16-7-6-11-2-4-12(5-3-11)18(19)20/h2-5,8-9H,6-7,15H2,1H3,(H,16,17). The minimum atomic E-state index is -0.404. The Kier molecular flexibility index (Phi) is 4.14. The van der Waals surface area contributed by atoms with Crippen LogP contribution >= 0.6 is 0 Å². The van der Waals surface area contributed by atoms with Crippen molar-refractivity contribution in [1.82, 2.24) is 4.98 Å². The molecule has 1 aromatic heterocycles. The van der Waals surface area contributed by atoms with Gasteiger partial charge in [-0.15, -0.1) is 0 Å². The van der Waals surface area contributed by atoms with E-state index in [9.17, 15) is 10.1 Å². The van der Waals surface area contributed by atoms with Gasteiger partial charge in [-0.1, -0.05) is 12.1 Å². The first-order chi connectivity index (χ1) is 9.56. The summed E-state index contributed by atoms with van der Waals surface area (Å²) in [4.78, 5) is 14.4. The largest absolute Gasteiger partial charge is 0.396 e. The Hall–Kier alpha value is -2.63. The second-order valence-corrected chi connectivity index (χ2v) is 4.55. The van der Waals surface area contributed by atoms with Crippen molar-refractivity contribution < 1.29 is 4.92 Å². The van der Waals surface area contributed by atoms with Crippen molar-refractivity contribution in [2.24, 2.45) is 0 Å². The zero-order chi connectivity index (χ0) is 14.5. The third-order valence-electron chi connectivity index (χ3n) is 2.91. The first-order valence-electron chi connectivity index (χ1n) is 6.25. The molecule has 0 unspecified atom stereocenters. The van der Waals surface area contributed by atoms with Crippen LogP contribution in [0.15, 0.2) is 36.5 Å². The molecule has 0 saturated heterocycles. The van der Waals surface area contributed by atoms with Gasteiger partial charge in [0.15, 0.2) is 0 Å². The van der Waals surface area contributed by atoms with Crippen LogP contribution in [0, 0.1) is 17.0 Å². The molecule has 0 amide bonds. The molecule has 0 aliphatic rings. The average Bonchev–Trinajstić information content (AvgIpc) is 2.42. The number of rotatable bonds is 5. The maximum absolute atomic E-state index is 10.5. The van der Waals surface area contributed by atoms with E-state index in [-0.39, 0.29) is 5.69 Å². The number of benzene rings is 1. The molecule has 0 spiro atoms. The molecule has 6 heteroatoms. The zero-order valence-corrected chi connectivity index (χ0v) is 11.2. The van der Waals surface area contributed by atoms with E-state index < -0.39 is 4.92 Å². The van der Waals surface area contributed by atoms with E-state index in [1.807, 2.05) is 13.0 Å². The van der Waals surface area contributed by atoms with Gasteiger partial charge in [-0.25, -0.2) is 4.98 Å². The number of nitro benzene ring substituents is 1. The van der Waals surface area contributed by atoms with Gasteiger partial charge in [-0.2, -0.15) is 0 Å². The topological polar surface area (TPSA) is 94.1 Å². The van der Waals surface area contributed by atoms with Crippen molar-refractivity contribution in [2.45, 2.75) is 13.3 Å². The van der Waals surface area contributed by atoms with Gasteiger partial charge < -0.3 is 11.1 Å². The van der Waals surface area contributed by atoms with Crippen LogP contribution < -0.4 is 11.1 Å². The lowest BCUT2D eigenvalue weighted by Crippen LogP contribution is -2.08. The molecule has 0 aliphatic heterocycles. The second-order valence-electron chi connectivity index (χ2n) is 4.55. The zero-order valence-electron chi connectivity index (χ0n) is 11.2. The summed E-state index contributed by atoms with van der Waals surface area (Å²) in [5, 5.41) is 13.7. The number of pyridine rings is 1. The minimum absolute atomic E-state index is 0.103. The first kappa shape index (κ1) is 13.8. The Labute approximate surface area is 116 Å². The number of nitrogens with two attached hydrogens (primary N) is 1. The molecule has 3 N–H and O–H groups in total. The minimum Gasteiger partial charge on any atom is -0.396 e. The number of nitrogens with zero attached hydrogens (tertiary/aromatic N) is 2. The summed E-state index contributed by atoms with van der Waals surface area (Å²) in [6, 6.07) is 8.39. The molecule has 0 aliphatic carbocycles. The Bertz CT molecular complexity index is 611. The summed E-state index contributed by atoms with van der Waals surface area (Å²) in [5.74, 6) is 0.664. The fraction of sp³-hybridized carbons (Fsp3) is 0.214. The van der Waals surface area contributed by atoms with Gasteiger partial charge in [0.2, 0.25) is 0 Å². The lowest BCUT2D eigenvalue weighted by molar-refractivity contribution is -0.384. The second kappa shape index (κ2) is 6.01. The van der Waals surface area contributed by atoms with Crippen molar-refractivity contribution in [3.05, 3.63) is 57.8 Å². The first-order valence-corrected chi connectivity index (χ1v) is 6.25. The summed E-state index contributed by atoms with van der Waals surface area (Å²) < 4.78 is 0. The predicted molar refractivity (Wildman–Crippen MR) is 78.7 cm³/mol. The Morgan fingerprint density at radius 3 is 2.65 bits per heavy atom. The normalized spacial score (nSPS) is 10.2. The van der Waals surface area contributed by atoms with E-state index in [2.05, 4.69) is 10.3 Å². The maximum atomic E-state index is 10.5. The van der Waals surface area contributed by atoms with Crippen LogP contribution in [0.5, 0.6) is 0 Å². The smallest absolute Gasteiger partial charge is 0.269 e. The third kappa shape index (κ3) is 3.44. The molecule has 0 radical (unpaired) electrons. The van der Waals surface area contributed by atoms with E-state index in [4.69, 9.17) is 5.73 Å². The summed E-state index contributed by atoms with van der Waals surface area (Å²) in [6.07, 6.45) is 2.50. The summed E-state index contributed by atoms with van der Waals surface area (Å²) in [5.41, 5.74) is 8.62. The van der Waals surface area contributed by atoms with E-state index in [0.717, 1.165) is 17.5 Å². The van der Waals surface area contributed by atoms with E-state index in [1.54, 1.807) is 18.3 Å². The molecule has 2 aromatic rings. The van der Waals surface area contributed by atoms with Crippen molar-refractivity contribution in [1.29, 1.82) is 0 Å². The van der Waals surface area contributed by atoms with E-state index in [0.29, 0.717) is 18.1 Å². The van der Waals surface area contributed by atoms with Crippen LogP contribution in [0.2, 0.25) is 0 Å². The van der Waals surface area contributed by atoms with Gasteiger partial charge in [-0.3, -0.25) is 10.1 Å². The highest BCUT2D eigenvalue weighted by atomic mass is 16.6. The van der Waals surface area contributed by atoms with Crippen molar-refractivity contribution in [3.8, 4) is 0 Å². The number of hydrogen-bond acceptors (Lipinski definition) is 5. The Balaban J connectivity index is 1.91. The lowest BCUT2D eigenvalue weighted by Gasteiger charge is -2.08. The Morgan fingerprint density at radius 1 is 1.35 bits per heavy atom. The molecule has 0 fully saturated rings. The van der Waals surface area contributed by atoms with Crippen LogP contribution in [-0.4, -0.2) is 16.5 Å². The molecule has 0 bridgehead atoms. The number of nitrogens with one attached hydrogen (secondary N) is 1. The molecule has 2 rings (SSSR count). The number of anilines is 2. The maximum Gasteiger partial charge on any atom is 0.269 e. The number of nitro groups is 1. The van der Waals surface area contributed by atoms with Crippen LogP contribution in [0.25, 0.3) is 0 Å². The van der Waals surface area contributed by atoms with E-state index >= 15 is 0 Å². The van der Waals surface area contributed by atoms with Crippen LogP contribution in [0.1, 0.15) is 11.1 Å². The number of non-ortho nitro benzene ring substituents is 1. The van der Waals surface area contributed by atoms with Crippen molar-refractivity contribution >= 4 is 17.2 Å². The fourth-order valence-electron chi connectivity index (χ4n) is 1.85. The van der Waals surface area contributed by atoms with Crippen LogP contribution in [-0.2, 0) is 6.42 Å². The molecule has 1 heterocycles. The molecule has 0 atom stereocenters. The monoisotopic (exact) mass is 272 g/mol. The summed E-state index contributed by atoms with van der Waals surface area (Å²) in [7, 11) is 0. The molecule has 0 saturated carbocycles. The molecule has 6 nitrogen and oxygen atoms in total. The Morgan fingerprint density at radius 2 is 2.05 bits per heavy atom. The number of nitrogen functional groups attached to an aromatic ring is 1. The SMILES string of the molecule is Cc1cnc(NCCc2ccc([N+](=O)[O-])cc2)c(N)c1.